The highest BCUT2D eigenvalue weighted by atomic mass is 32.1. The minimum absolute atomic E-state index is 0.00753. The van der Waals surface area contributed by atoms with Gasteiger partial charge in [0.2, 0.25) is 0 Å². The van der Waals surface area contributed by atoms with Crippen LogP contribution in [0.25, 0.3) is 11.3 Å². The lowest BCUT2D eigenvalue weighted by atomic mass is 10.1. The fourth-order valence-electron chi connectivity index (χ4n) is 2.89. The summed E-state index contributed by atoms with van der Waals surface area (Å²) < 4.78 is 19.1. The van der Waals surface area contributed by atoms with Gasteiger partial charge in [-0.25, -0.2) is 9.37 Å². The highest BCUT2D eigenvalue weighted by molar-refractivity contribution is 7.14. The number of hydrogen-bond donors (Lipinski definition) is 2. The maximum Gasteiger partial charge on any atom is 0.258 e. The molecule has 0 spiro atoms. The molecule has 0 fully saturated rings. The van der Waals surface area contributed by atoms with Crippen LogP contribution in [0.3, 0.4) is 0 Å². The molecule has 0 saturated carbocycles. The number of rotatable bonds is 6. The van der Waals surface area contributed by atoms with Crippen LogP contribution in [0.15, 0.2) is 78.2 Å². The lowest BCUT2D eigenvalue weighted by molar-refractivity contribution is 0.102. The maximum absolute atomic E-state index is 13.8. The third-order valence-electron chi connectivity index (χ3n) is 4.41. The van der Waals surface area contributed by atoms with Gasteiger partial charge in [0, 0.05) is 16.6 Å². The molecule has 3 aromatic carbocycles. The van der Waals surface area contributed by atoms with Gasteiger partial charge in [0.15, 0.2) is 5.13 Å². The molecule has 0 aliphatic rings. The number of ether oxygens (including phenoxy) is 1. The Kier molecular flexibility index (Phi) is 5.72. The normalized spacial score (nSPS) is 10.5. The van der Waals surface area contributed by atoms with Gasteiger partial charge < -0.3 is 15.4 Å². The number of carbonyl (C=O) groups is 1. The van der Waals surface area contributed by atoms with Crippen LogP contribution in [0.4, 0.5) is 20.9 Å². The van der Waals surface area contributed by atoms with Crippen molar-refractivity contribution in [3.05, 3.63) is 89.6 Å². The highest BCUT2D eigenvalue weighted by Crippen LogP contribution is 2.31. The van der Waals surface area contributed by atoms with E-state index >= 15 is 0 Å². The van der Waals surface area contributed by atoms with Crippen LogP contribution in [0.5, 0.6) is 5.75 Å². The largest absolute Gasteiger partial charge is 0.495 e. The number of benzene rings is 3. The van der Waals surface area contributed by atoms with Crippen LogP contribution in [-0.4, -0.2) is 18.0 Å². The van der Waals surface area contributed by atoms with E-state index in [9.17, 15) is 9.18 Å². The molecule has 5 nitrogen and oxygen atoms in total. The number of thiazole rings is 1. The summed E-state index contributed by atoms with van der Waals surface area (Å²) in [5.74, 6) is -0.300. The van der Waals surface area contributed by atoms with Gasteiger partial charge in [-0.3, -0.25) is 4.79 Å². The van der Waals surface area contributed by atoms with Crippen LogP contribution in [0, 0.1) is 5.82 Å². The first-order chi connectivity index (χ1) is 14.6. The molecule has 0 radical (unpaired) electrons. The van der Waals surface area contributed by atoms with Crippen LogP contribution in [0.1, 0.15) is 10.4 Å². The number of para-hydroxylation sites is 2. The molecule has 0 atom stereocenters. The Morgan fingerprint density at radius 3 is 2.50 bits per heavy atom. The molecule has 4 rings (SSSR count). The van der Waals surface area contributed by atoms with E-state index in [1.807, 2.05) is 41.8 Å². The van der Waals surface area contributed by atoms with Crippen LogP contribution >= 0.6 is 11.3 Å². The van der Waals surface area contributed by atoms with Gasteiger partial charge in [0.1, 0.15) is 11.6 Å². The summed E-state index contributed by atoms with van der Waals surface area (Å²) in [4.78, 5) is 16.9. The van der Waals surface area contributed by atoms with E-state index in [0.717, 1.165) is 27.8 Å². The lowest BCUT2D eigenvalue weighted by Crippen LogP contribution is -2.13. The third kappa shape index (κ3) is 4.31. The van der Waals surface area contributed by atoms with Gasteiger partial charge in [-0.2, -0.15) is 0 Å². The number of carbonyl (C=O) groups excluding carboxylic acids is 1. The van der Waals surface area contributed by atoms with E-state index in [2.05, 4.69) is 15.6 Å². The summed E-state index contributed by atoms with van der Waals surface area (Å²) >= 11 is 1.48. The minimum atomic E-state index is -0.552. The summed E-state index contributed by atoms with van der Waals surface area (Å²) in [7, 11) is 1.63. The first-order valence-corrected chi connectivity index (χ1v) is 10.0. The number of nitrogens with one attached hydrogen (secondary N) is 2. The van der Waals surface area contributed by atoms with E-state index in [4.69, 9.17) is 4.74 Å². The van der Waals surface area contributed by atoms with Crippen molar-refractivity contribution in [1.29, 1.82) is 0 Å². The topological polar surface area (TPSA) is 63.2 Å². The predicted octanol–water partition coefficient (Wildman–Crippen LogP) is 5.95. The van der Waals surface area contributed by atoms with Gasteiger partial charge in [-0.05, 0) is 36.4 Å². The Hall–Kier alpha value is -3.71. The summed E-state index contributed by atoms with van der Waals surface area (Å²) in [6, 6.07) is 20.8. The molecule has 1 heterocycles. The second-order valence-electron chi connectivity index (χ2n) is 6.37. The maximum atomic E-state index is 13.8. The molecule has 1 amide bonds. The summed E-state index contributed by atoms with van der Waals surface area (Å²) in [5.41, 5.74) is 3.14. The SMILES string of the molecule is COc1ccccc1Nc1nc(-c2ccc(NC(=O)c3ccccc3F)cc2)cs1. The Bertz CT molecular complexity index is 1180. The van der Waals surface area contributed by atoms with E-state index in [0.29, 0.717) is 5.69 Å². The minimum Gasteiger partial charge on any atom is -0.495 e. The average Bonchev–Trinajstić information content (AvgIpc) is 3.23. The molecular weight excluding hydrogens is 401 g/mol. The van der Waals surface area contributed by atoms with Gasteiger partial charge in [-0.15, -0.1) is 11.3 Å². The zero-order valence-electron chi connectivity index (χ0n) is 16.1. The Morgan fingerprint density at radius 2 is 1.73 bits per heavy atom. The molecule has 0 unspecified atom stereocenters. The molecule has 2 N–H and O–H groups in total. The standard InChI is InChI=1S/C23H18FN3O2S/c1-29-21-9-5-4-8-19(21)26-23-27-20(14-30-23)15-10-12-16(13-11-15)25-22(28)17-6-2-3-7-18(17)24/h2-14H,1H3,(H,25,28)(H,26,27). The zero-order valence-corrected chi connectivity index (χ0v) is 16.9. The van der Waals surface area contributed by atoms with Crippen molar-refractivity contribution < 1.29 is 13.9 Å². The third-order valence-corrected chi connectivity index (χ3v) is 5.17. The van der Waals surface area contributed by atoms with Gasteiger partial charge in [0.05, 0.1) is 24.1 Å². The average molecular weight is 419 g/mol. The summed E-state index contributed by atoms with van der Waals surface area (Å²) in [5, 5.41) is 8.66. The predicted molar refractivity (Wildman–Crippen MR) is 118 cm³/mol. The van der Waals surface area contributed by atoms with Crippen molar-refractivity contribution in [2.75, 3.05) is 17.7 Å². The van der Waals surface area contributed by atoms with Crippen molar-refractivity contribution >= 4 is 33.8 Å². The van der Waals surface area contributed by atoms with Crippen LogP contribution in [0.2, 0.25) is 0 Å². The molecular formula is C23H18FN3O2S. The number of amides is 1. The number of hydrogen-bond acceptors (Lipinski definition) is 5. The Labute approximate surface area is 177 Å². The van der Waals surface area contributed by atoms with Crippen molar-refractivity contribution in [1.82, 2.24) is 4.98 Å². The van der Waals surface area contributed by atoms with E-state index < -0.39 is 11.7 Å². The molecule has 0 bridgehead atoms. The number of nitrogens with zero attached hydrogens (tertiary/aromatic N) is 1. The van der Waals surface area contributed by atoms with E-state index in [1.165, 1.54) is 23.5 Å². The van der Waals surface area contributed by atoms with Crippen LogP contribution < -0.4 is 15.4 Å². The first kappa shape index (κ1) is 19.6. The van der Waals surface area contributed by atoms with Gasteiger partial charge >= 0.3 is 0 Å². The smallest absolute Gasteiger partial charge is 0.258 e. The Morgan fingerprint density at radius 1 is 1.00 bits per heavy atom. The second-order valence-corrected chi connectivity index (χ2v) is 7.23. The van der Waals surface area contributed by atoms with Gasteiger partial charge in [-0.1, -0.05) is 36.4 Å². The van der Waals surface area contributed by atoms with E-state index in [1.54, 1.807) is 31.4 Å². The summed E-state index contributed by atoms with van der Waals surface area (Å²) in [6.45, 7) is 0. The molecule has 4 aromatic rings. The van der Waals surface area contributed by atoms with E-state index in [-0.39, 0.29) is 5.56 Å². The quantitative estimate of drug-likeness (QED) is 0.405. The molecule has 0 saturated heterocycles. The summed E-state index contributed by atoms with van der Waals surface area (Å²) in [6.07, 6.45) is 0. The molecule has 0 aliphatic carbocycles. The fraction of sp³-hybridized carbons (Fsp3) is 0.0435. The van der Waals surface area contributed by atoms with Crippen molar-refractivity contribution in [3.63, 3.8) is 0 Å². The number of halogens is 1. The fourth-order valence-corrected chi connectivity index (χ4v) is 3.63. The van der Waals surface area contributed by atoms with Crippen LogP contribution in [-0.2, 0) is 0 Å². The number of anilines is 3. The lowest BCUT2D eigenvalue weighted by Gasteiger charge is -2.08. The monoisotopic (exact) mass is 419 g/mol. The number of aromatic nitrogens is 1. The van der Waals surface area contributed by atoms with Crippen molar-refractivity contribution in [2.45, 2.75) is 0 Å². The first-order valence-electron chi connectivity index (χ1n) is 9.16. The highest BCUT2D eigenvalue weighted by Gasteiger charge is 2.12. The molecule has 150 valence electrons. The van der Waals surface area contributed by atoms with Gasteiger partial charge in [0.25, 0.3) is 5.91 Å². The molecule has 30 heavy (non-hydrogen) atoms. The zero-order chi connectivity index (χ0) is 20.9. The van der Waals surface area contributed by atoms with Crippen molar-refractivity contribution in [2.24, 2.45) is 0 Å². The molecule has 0 aliphatic heterocycles. The number of methoxy groups -OCH3 is 1. The molecule has 1 aromatic heterocycles. The Balaban J connectivity index is 1.46. The van der Waals surface area contributed by atoms with Crippen molar-refractivity contribution in [3.8, 4) is 17.0 Å². The second kappa shape index (κ2) is 8.75. The molecule has 7 heteroatoms.